The highest BCUT2D eigenvalue weighted by atomic mass is 32.2. The van der Waals surface area contributed by atoms with Gasteiger partial charge < -0.3 is 20.7 Å². The maximum atomic E-state index is 12.3. The molecule has 11 nitrogen and oxygen atoms in total. The highest BCUT2D eigenvalue weighted by Crippen LogP contribution is 2.32. The van der Waals surface area contributed by atoms with Gasteiger partial charge >= 0.3 is 0 Å². The van der Waals surface area contributed by atoms with Crippen LogP contribution in [0.5, 0.6) is 0 Å². The molecule has 0 aliphatic carbocycles. The fourth-order valence-corrected chi connectivity index (χ4v) is 4.00. The molecule has 12 heteroatoms. The Morgan fingerprint density at radius 3 is 2.62 bits per heavy atom. The lowest BCUT2D eigenvalue weighted by Gasteiger charge is -2.16. The van der Waals surface area contributed by atoms with E-state index in [0.29, 0.717) is 11.2 Å². The third-order valence-electron chi connectivity index (χ3n) is 4.70. The number of imidazole rings is 1. The monoisotopic (exact) mass is 421 g/mol. The van der Waals surface area contributed by atoms with Gasteiger partial charge in [0.05, 0.1) is 17.8 Å². The van der Waals surface area contributed by atoms with Gasteiger partial charge in [-0.25, -0.2) is 15.0 Å². The molecule has 0 radical (unpaired) electrons. The summed E-state index contributed by atoms with van der Waals surface area (Å²) in [6.07, 6.45) is -2.30. The van der Waals surface area contributed by atoms with Crippen LogP contribution >= 0.6 is 0 Å². The maximum Gasteiger partial charge on any atom is 0.297 e. The lowest BCUT2D eigenvalue weighted by Crippen LogP contribution is -2.34. The zero-order valence-corrected chi connectivity index (χ0v) is 16.1. The molecule has 1 fully saturated rings. The van der Waals surface area contributed by atoms with Gasteiger partial charge in [-0.05, 0) is 19.1 Å². The summed E-state index contributed by atoms with van der Waals surface area (Å²) < 4.78 is 36.8. The predicted octanol–water partition coefficient (Wildman–Crippen LogP) is -0.258. The number of nitrogens with two attached hydrogens (primary N) is 1. The quantitative estimate of drug-likeness (QED) is 0.468. The molecule has 4 N–H and O–H groups in total. The lowest BCUT2D eigenvalue weighted by atomic mass is 10.1. The third-order valence-corrected chi connectivity index (χ3v) is 5.99. The average molecular weight is 421 g/mol. The van der Waals surface area contributed by atoms with Crippen molar-refractivity contribution in [3.63, 3.8) is 0 Å². The molecule has 4 rings (SSSR count). The minimum absolute atomic E-state index is 0.0135. The van der Waals surface area contributed by atoms with E-state index >= 15 is 0 Å². The van der Waals surface area contributed by atoms with Crippen LogP contribution < -0.4 is 5.73 Å². The van der Waals surface area contributed by atoms with Gasteiger partial charge in [-0.2, -0.15) is 8.42 Å². The number of aliphatic hydroxyl groups is 2. The van der Waals surface area contributed by atoms with Crippen molar-refractivity contribution in [1.29, 1.82) is 0 Å². The Labute approximate surface area is 165 Å². The van der Waals surface area contributed by atoms with Crippen molar-refractivity contribution in [2.45, 2.75) is 36.4 Å². The van der Waals surface area contributed by atoms with Crippen LogP contribution in [0.1, 0.15) is 11.8 Å². The van der Waals surface area contributed by atoms with Crippen molar-refractivity contribution in [3.05, 3.63) is 42.5 Å². The second kappa shape index (κ2) is 7.31. The largest absolute Gasteiger partial charge is 0.387 e. The van der Waals surface area contributed by atoms with Crippen molar-refractivity contribution < 1.29 is 27.6 Å². The zero-order valence-electron chi connectivity index (χ0n) is 15.3. The summed E-state index contributed by atoms with van der Waals surface area (Å²) in [5, 5.41) is 20.7. The van der Waals surface area contributed by atoms with E-state index in [1.807, 2.05) is 6.92 Å². The Balaban J connectivity index is 1.51. The molecule has 0 spiro atoms. The van der Waals surface area contributed by atoms with Crippen LogP contribution in [0.15, 0.2) is 41.8 Å². The highest BCUT2D eigenvalue weighted by molar-refractivity contribution is 7.86. The van der Waals surface area contributed by atoms with Gasteiger partial charge in [-0.3, -0.25) is 8.75 Å². The molecule has 0 amide bonds. The van der Waals surface area contributed by atoms with Gasteiger partial charge in [0.2, 0.25) is 0 Å². The number of aryl methyl sites for hydroxylation is 1. The summed E-state index contributed by atoms with van der Waals surface area (Å²) >= 11 is 0. The van der Waals surface area contributed by atoms with Gasteiger partial charge in [-0.1, -0.05) is 17.7 Å². The Morgan fingerprint density at radius 2 is 1.90 bits per heavy atom. The number of nitrogen functional groups attached to an aromatic ring is 1. The predicted molar refractivity (Wildman–Crippen MR) is 100.0 cm³/mol. The summed E-state index contributed by atoms with van der Waals surface area (Å²) in [5.74, 6) is 0.158. The third kappa shape index (κ3) is 3.56. The molecule has 3 heterocycles. The van der Waals surface area contributed by atoms with E-state index in [1.165, 1.54) is 29.4 Å². The minimum atomic E-state index is -4.05. The number of aromatic nitrogens is 4. The van der Waals surface area contributed by atoms with Gasteiger partial charge in [0, 0.05) is 0 Å². The standard InChI is InChI=1S/C17H19N5O6S/c1-9-2-4-10(5-3-9)29(25,26)27-6-11-13(23)14(24)17(28-11)22-8-21-12-15(18)19-7-20-16(12)22/h2-5,7-8,11,13-14,17,23-24H,6H2,1H3,(H2,18,19,20)/t11-,13-,14-,17+/m0/s1. The van der Waals surface area contributed by atoms with Crippen LogP contribution in [-0.2, 0) is 19.0 Å². The zero-order chi connectivity index (χ0) is 20.8. The van der Waals surface area contributed by atoms with E-state index in [9.17, 15) is 18.6 Å². The topological polar surface area (TPSA) is 163 Å². The van der Waals surface area contributed by atoms with Crippen LogP contribution in [-0.4, -0.2) is 63.1 Å². The molecule has 3 aromatic rings. The first-order chi connectivity index (χ1) is 13.8. The summed E-state index contributed by atoms with van der Waals surface area (Å²) in [7, 11) is -4.05. The number of hydrogen-bond donors (Lipinski definition) is 3. The van der Waals surface area contributed by atoms with E-state index in [2.05, 4.69) is 15.0 Å². The molecule has 29 heavy (non-hydrogen) atoms. The first kappa shape index (κ1) is 19.7. The van der Waals surface area contributed by atoms with Gasteiger partial charge in [-0.15, -0.1) is 0 Å². The molecule has 0 bridgehead atoms. The summed E-state index contributed by atoms with van der Waals surface area (Å²) in [6.45, 7) is 1.36. The fraction of sp³-hybridized carbons (Fsp3) is 0.353. The Bertz CT molecular complexity index is 1130. The average Bonchev–Trinajstić information content (AvgIpc) is 3.24. The SMILES string of the molecule is Cc1ccc(S(=O)(=O)OC[C@@H]2O[C@@H](n3cnc4c(N)ncnc43)[C@@H](O)[C@H]2O)cc1. The van der Waals surface area contributed by atoms with Crippen molar-refractivity contribution in [2.24, 2.45) is 0 Å². The molecule has 154 valence electrons. The van der Waals surface area contributed by atoms with Gasteiger partial charge in [0.25, 0.3) is 10.1 Å². The number of benzene rings is 1. The van der Waals surface area contributed by atoms with E-state index in [4.69, 9.17) is 14.7 Å². The molecule has 1 aliphatic heterocycles. The molecule has 0 unspecified atom stereocenters. The van der Waals surface area contributed by atoms with Crippen LogP contribution in [0.4, 0.5) is 5.82 Å². The van der Waals surface area contributed by atoms with Crippen molar-refractivity contribution in [3.8, 4) is 0 Å². The first-order valence-electron chi connectivity index (χ1n) is 8.68. The molecule has 1 saturated heterocycles. The smallest absolute Gasteiger partial charge is 0.297 e. The normalized spacial score (nSPS) is 24.9. The van der Waals surface area contributed by atoms with E-state index < -0.39 is 41.3 Å². The van der Waals surface area contributed by atoms with Crippen LogP contribution in [0, 0.1) is 6.92 Å². The van der Waals surface area contributed by atoms with Gasteiger partial charge in [0.1, 0.15) is 30.2 Å². The molecule has 4 atom stereocenters. The minimum Gasteiger partial charge on any atom is -0.387 e. The maximum absolute atomic E-state index is 12.3. The molecule has 2 aromatic heterocycles. The lowest BCUT2D eigenvalue weighted by molar-refractivity contribution is -0.0467. The molecule has 1 aromatic carbocycles. The number of anilines is 1. The number of aliphatic hydroxyl groups excluding tert-OH is 2. The van der Waals surface area contributed by atoms with Crippen LogP contribution in [0.2, 0.25) is 0 Å². The van der Waals surface area contributed by atoms with Crippen LogP contribution in [0.25, 0.3) is 11.2 Å². The number of rotatable bonds is 5. The number of hydrogen-bond acceptors (Lipinski definition) is 10. The molecule has 0 saturated carbocycles. The number of nitrogens with zero attached hydrogens (tertiary/aromatic N) is 4. The van der Waals surface area contributed by atoms with Gasteiger partial charge in [0.15, 0.2) is 17.7 Å². The number of ether oxygens (including phenoxy) is 1. The van der Waals surface area contributed by atoms with Crippen molar-refractivity contribution >= 4 is 27.1 Å². The van der Waals surface area contributed by atoms with Crippen molar-refractivity contribution in [2.75, 3.05) is 12.3 Å². The van der Waals surface area contributed by atoms with Crippen molar-refractivity contribution in [1.82, 2.24) is 19.5 Å². The Kier molecular flexibility index (Phi) is 4.96. The van der Waals surface area contributed by atoms with E-state index in [0.717, 1.165) is 5.56 Å². The highest BCUT2D eigenvalue weighted by Gasteiger charge is 2.45. The Hall–Kier alpha value is -2.64. The first-order valence-corrected chi connectivity index (χ1v) is 10.1. The molecule has 1 aliphatic rings. The summed E-state index contributed by atoms with van der Waals surface area (Å²) in [5.41, 5.74) is 7.28. The molecular weight excluding hydrogens is 402 g/mol. The summed E-state index contributed by atoms with van der Waals surface area (Å²) in [4.78, 5) is 12.0. The van der Waals surface area contributed by atoms with E-state index in [1.54, 1.807) is 12.1 Å². The molecular formula is C17H19N5O6S. The van der Waals surface area contributed by atoms with Crippen LogP contribution in [0.3, 0.4) is 0 Å². The summed E-state index contributed by atoms with van der Waals surface area (Å²) in [6, 6.07) is 6.15. The van der Waals surface area contributed by atoms with E-state index in [-0.39, 0.29) is 10.7 Å². The second-order valence-electron chi connectivity index (χ2n) is 6.68. The fourth-order valence-electron chi connectivity index (χ4n) is 3.08. The second-order valence-corrected chi connectivity index (χ2v) is 8.30. The number of fused-ring (bicyclic) bond motifs is 1. The Morgan fingerprint density at radius 1 is 1.17 bits per heavy atom.